The summed E-state index contributed by atoms with van der Waals surface area (Å²) in [5, 5.41) is 4.08. The average molecular weight is 330 g/mol. The highest BCUT2D eigenvalue weighted by Gasteiger charge is 2.29. The Morgan fingerprint density at radius 2 is 2.21 bits per heavy atom. The van der Waals surface area contributed by atoms with Gasteiger partial charge in [0.05, 0.1) is 0 Å². The Hall–Kier alpha value is -2.44. The second-order valence-corrected chi connectivity index (χ2v) is 6.60. The molecule has 1 amide bonds. The van der Waals surface area contributed by atoms with Crippen molar-refractivity contribution in [2.75, 3.05) is 13.1 Å². The number of rotatable bonds is 3. The van der Waals surface area contributed by atoms with Crippen LogP contribution in [0.15, 0.2) is 27.6 Å². The normalized spacial score (nSPS) is 18.2. The largest absolute Gasteiger partial charge is 0.339 e. The van der Waals surface area contributed by atoms with Crippen molar-refractivity contribution in [3.8, 4) is 0 Å². The number of pyridine rings is 1. The second-order valence-electron chi connectivity index (χ2n) is 6.60. The van der Waals surface area contributed by atoms with E-state index in [1.807, 2.05) is 13.8 Å². The fourth-order valence-electron chi connectivity index (χ4n) is 2.88. The first-order valence-electron chi connectivity index (χ1n) is 8.25. The van der Waals surface area contributed by atoms with Crippen molar-refractivity contribution in [3.05, 3.63) is 46.0 Å². The van der Waals surface area contributed by atoms with Gasteiger partial charge in [-0.2, -0.15) is 4.98 Å². The number of carbonyl (C=O) groups is 1. The van der Waals surface area contributed by atoms with Crippen LogP contribution in [0.1, 0.15) is 60.6 Å². The lowest BCUT2D eigenvalue weighted by Crippen LogP contribution is -2.39. The summed E-state index contributed by atoms with van der Waals surface area (Å²) in [6.07, 6.45) is 3.43. The van der Waals surface area contributed by atoms with Crippen molar-refractivity contribution in [3.63, 3.8) is 0 Å². The molecule has 1 fully saturated rings. The summed E-state index contributed by atoms with van der Waals surface area (Å²) >= 11 is 0. The molecular formula is C17H22N4O3. The quantitative estimate of drug-likeness (QED) is 0.859. The van der Waals surface area contributed by atoms with Crippen LogP contribution in [0, 0.1) is 0 Å². The highest BCUT2D eigenvalue weighted by molar-refractivity contribution is 5.94. The lowest BCUT2D eigenvalue weighted by atomic mass is 9.96. The third kappa shape index (κ3) is 3.25. The summed E-state index contributed by atoms with van der Waals surface area (Å²) in [7, 11) is 1.66. The average Bonchev–Trinajstić information content (AvgIpc) is 3.07. The molecule has 3 heterocycles. The van der Waals surface area contributed by atoms with Crippen LogP contribution in [0.2, 0.25) is 0 Å². The number of hydrogen-bond donors (Lipinski definition) is 0. The maximum Gasteiger partial charge on any atom is 0.254 e. The van der Waals surface area contributed by atoms with Gasteiger partial charge in [-0.1, -0.05) is 19.0 Å². The molecule has 0 saturated carbocycles. The van der Waals surface area contributed by atoms with Crippen LogP contribution >= 0.6 is 0 Å². The lowest BCUT2D eigenvalue weighted by molar-refractivity contribution is 0.0703. The molecule has 0 bridgehead atoms. The van der Waals surface area contributed by atoms with Crippen molar-refractivity contribution in [2.45, 2.75) is 38.5 Å². The molecule has 2 aromatic heterocycles. The summed E-state index contributed by atoms with van der Waals surface area (Å²) in [6, 6.07) is 3.07. The molecule has 2 aromatic rings. The highest BCUT2D eigenvalue weighted by Crippen LogP contribution is 2.26. The van der Waals surface area contributed by atoms with E-state index < -0.39 is 0 Å². The molecule has 0 radical (unpaired) electrons. The Morgan fingerprint density at radius 1 is 1.42 bits per heavy atom. The van der Waals surface area contributed by atoms with Gasteiger partial charge in [0.25, 0.3) is 11.5 Å². The van der Waals surface area contributed by atoms with Gasteiger partial charge in [0.15, 0.2) is 5.82 Å². The fourth-order valence-corrected chi connectivity index (χ4v) is 2.88. The van der Waals surface area contributed by atoms with Crippen LogP contribution in [-0.4, -0.2) is 38.6 Å². The second kappa shape index (κ2) is 6.59. The van der Waals surface area contributed by atoms with Crippen LogP contribution in [0.3, 0.4) is 0 Å². The molecule has 24 heavy (non-hydrogen) atoms. The van der Waals surface area contributed by atoms with E-state index in [9.17, 15) is 9.59 Å². The molecule has 0 aromatic carbocycles. The minimum Gasteiger partial charge on any atom is -0.339 e. The van der Waals surface area contributed by atoms with E-state index >= 15 is 0 Å². The standard InChI is InChI=1S/C17H22N4O3/c1-11(2)16-18-15(19-24-16)13-5-4-7-21(10-13)17(23)12-6-8-20(3)14(22)9-12/h6,8-9,11,13H,4-5,7,10H2,1-3H3. The van der Waals surface area contributed by atoms with Gasteiger partial charge in [0.2, 0.25) is 5.89 Å². The van der Waals surface area contributed by atoms with Gasteiger partial charge in [-0.25, -0.2) is 0 Å². The third-order valence-corrected chi connectivity index (χ3v) is 4.38. The maximum atomic E-state index is 12.7. The van der Waals surface area contributed by atoms with Crippen molar-refractivity contribution in [1.82, 2.24) is 19.6 Å². The van der Waals surface area contributed by atoms with Gasteiger partial charge in [-0.15, -0.1) is 0 Å². The Morgan fingerprint density at radius 3 is 2.88 bits per heavy atom. The summed E-state index contributed by atoms with van der Waals surface area (Å²) in [5.74, 6) is 1.43. The summed E-state index contributed by atoms with van der Waals surface area (Å²) in [5.41, 5.74) is 0.240. The molecule has 1 atom stereocenters. The Balaban J connectivity index is 1.75. The zero-order valence-corrected chi connectivity index (χ0v) is 14.2. The summed E-state index contributed by atoms with van der Waals surface area (Å²) in [6.45, 7) is 5.23. The van der Waals surface area contributed by atoms with Crippen LogP contribution < -0.4 is 5.56 Å². The number of piperidine rings is 1. The maximum absolute atomic E-state index is 12.7. The van der Waals surface area contributed by atoms with Crippen LogP contribution in [0.5, 0.6) is 0 Å². The predicted molar refractivity (Wildman–Crippen MR) is 87.9 cm³/mol. The van der Waals surface area contributed by atoms with Gasteiger partial charge in [0.1, 0.15) is 0 Å². The topological polar surface area (TPSA) is 81.2 Å². The van der Waals surface area contributed by atoms with Gasteiger partial charge in [-0.05, 0) is 18.9 Å². The van der Waals surface area contributed by atoms with Crippen LogP contribution in [0.4, 0.5) is 0 Å². The predicted octanol–water partition coefficient (Wildman–Crippen LogP) is 1.91. The molecule has 0 N–H and O–H groups in total. The molecule has 7 heteroatoms. The zero-order chi connectivity index (χ0) is 17.3. The molecule has 0 spiro atoms. The number of likely N-dealkylation sites (tertiary alicyclic amines) is 1. The number of aryl methyl sites for hydroxylation is 1. The first-order chi connectivity index (χ1) is 11.5. The Labute approximate surface area is 140 Å². The van der Waals surface area contributed by atoms with E-state index in [1.165, 1.54) is 10.6 Å². The van der Waals surface area contributed by atoms with Crippen molar-refractivity contribution in [2.24, 2.45) is 7.05 Å². The van der Waals surface area contributed by atoms with E-state index in [4.69, 9.17) is 4.52 Å². The smallest absolute Gasteiger partial charge is 0.254 e. The van der Waals surface area contributed by atoms with Crippen molar-refractivity contribution >= 4 is 5.91 Å². The summed E-state index contributed by atoms with van der Waals surface area (Å²) in [4.78, 5) is 30.6. The fraction of sp³-hybridized carbons (Fsp3) is 0.529. The van der Waals surface area contributed by atoms with Gasteiger partial charge < -0.3 is 14.0 Å². The molecule has 0 aliphatic carbocycles. The molecule has 1 saturated heterocycles. The van der Waals surface area contributed by atoms with E-state index in [2.05, 4.69) is 10.1 Å². The first-order valence-corrected chi connectivity index (χ1v) is 8.25. The number of amides is 1. The molecule has 128 valence electrons. The minimum absolute atomic E-state index is 0.0745. The van der Waals surface area contributed by atoms with E-state index in [0.717, 1.165) is 12.8 Å². The van der Waals surface area contributed by atoms with E-state index in [-0.39, 0.29) is 23.3 Å². The molecular weight excluding hydrogens is 308 g/mol. The van der Waals surface area contributed by atoms with Crippen LogP contribution in [-0.2, 0) is 7.05 Å². The number of aromatic nitrogens is 3. The first kappa shape index (κ1) is 16.4. The van der Waals surface area contributed by atoms with Crippen molar-refractivity contribution in [1.29, 1.82) is 0 Å². The SMILES string of the molecule is CC(C)c1nc(C2CCCN(C(=O)c3ccn(C)c(=O)c3)C2)no1. The van der Waals surface area contributed by atoms with Gasteiger partial charge in [-0.3, -0.25) is 9.59 Å². The number of hydrogen-bond acceptors (Lipinski definition) is 5. The van der Waals surface area contributed by atoms with E-state index in [0.29, 0.717) is 30.4 Å². The highest BCUT2D eigenvalue weighted by atomic mass is 16.5. The Bertz CT molecular complexity index is 793. The molecule has 7 nitrogen and oxygen atoms in total. The van der Waals surface area contributed by atoms with Gasteiger partial charge >= 0.3 is 0 Å². The van der Waals surface area contributed by atoms with Crippen molar-refractivity contribution < 1.29 is 9.32 Å². The lowest BCUT2D eigenvalue weighted by Gasteiger charge is -2.31. The third-order valence-electron chi connectivity index (χ3n) is 4.38. The van der Waals surface area contributed by atoms with Gasteiger partial charge in [0, 0.05) is 49.8 Å². The zero-order valence-electron chi connectivity index (χ0n) is 14.2. The molecule has 1 unspecified atom stereocenters. The molecule has 1 aliphatic rings. The minimum atomic E-state index is -0.186. The molecule has 3 rings (SSSR count). The number of nitrogens with zero attached hydrogens (tertiary/aromatic N) is 4. The monoisotopic (exact) mass is 330 g/mol. The number of carbonyl (C=O) groups excluding carboxylic acids is 1. The van der Waals surface area contributed by atoms with E-state index in [1.54, 1.807) is 24.2 Å². The Kier molecular flexibility index (Phi) is 4.51. The molecule has 1 aliphatic heterocycles. The summed E-state index contributed by atoms with van der Waals surface area (Å²) < 4.78 is 6.73. The van der Waals surface area contributed by atoms with Crippen LogP contribution in [0.25, 0.3) is 0 Å².